The molecule has 0 aliphatic rings. The van der Waals surface area contributed by atoms with Crippen LogP contribution in [0.25, 0.3) is 0 Å². The Morgan fingerprint density at radius 2 is 1.95 bits per heavy atom. The maximum atomic E-state index is 10.8. The summed E-state index contributed by atoms with van der Waals surface area (Å²) in [4.78, 5) is 10.4. The molecule has 1 N–H and O–H groups in total. The second kappa shape index (κ2) is 5.98. The van der Waals surface area contributed by atoms with Crippen LogP contribution in [0.5, 0.6) is 11.5 Å². The average molecular weight is 313 g/mol. The first kappa shape index (κ1) is 14.4. The maximum Gasteiger partial charge on any atom is 0.292 e. The van der Waals surface area contributed by atoms with Crippen LogP contribution in [-0.2, 0) is 0 Å². The molecular weight excluding hydrogens is 303 g/mol. The standard InChI is InChI=1S/C13H10Cl2N2O3/c1-16-11-7-9(3-4-12(11)17(18)19)20-13-5-2-8(14)6-10(13)15/h2-7,16H,1H3. The van der Waals surface area contributed by atoms with Crippen molar-refractivity contribution in [3.8, 4) is 11.5 Å². The van der Waals surface area contributed by atoms with Crippen molar-refractivity contribution in [1.29, 1.82) is 0 Å². The monoisotopic (exact) mass is 312 g/mol. The van der Waals surface area contributed by atoms with Crippen LogP contribution in [0.15, 0.2) is 36.4 Å². The van der Waals surface area contributed by atoms with Crippen molar-refractivity contribution in [3.05, 3.63) is 56.6 Å². The van der Waals surface area contributed by atoms with Crippen LogP contribution in [-0.4, -0.2) is 12.0 Å². The molecule has 0 aliphatic heterocycles. The minimum atomic E-state index is -0.467. The SMILES string of the molecule is CNc1cc(Oc2ccc(Cl)cc2Cl)ccc1[N+](=O)[O-]. The lowest BCUT2D eigenvalue weighted by molar-refractivity contribution is -0.384. The fourth-order valence-corrected chi connectivity index (χ4v) is 2.07. The zero-order chi connectivity index (χ0) is 14.7. The van der Waals surface area contributed by atoms with Gasteiger partial charge >= 0.3 is 0 Å². The van der Waals surface area contributed by atoms with Crippen molar-refractivity contribution >= 4 is 34.6 Å². The van der Waals surface area contributed by atoms with Crippen LogP contribution in [0.3, 0.4) is 0 Å². The van der Waals surface area contributed by atoms with Crippen molar-refractivity contribution in [2.75, 3.05) is 12.4 Å². The summed E-state index contributed by atoms with van der Waals surface area (Å²) < 4.78 is 5.59. The normalized spacial score (nSPS) is 10.2. The average Bonchev–Trinajstić information content (AvgIpc) is 2.41. The minimum Gasteiger partial charge on any atom is -0.456 e. The van der Waals surface area contributed by atoms with Crippen molar-refractivity contribution in [1.82, 2.24) is 0 Å². The number of anilines is 1. The number of rotatable bonds is 4. The predicted molar refractivity (Wildman–Crippen MR) is 79.2 cm³/mol. The molecule has 0 amide bonds. The van der Waals surface area contributed by atoms with Gasteiger partial charge < -0.3 is 10.1 Å². The summed E-state index contributed by atoms with van der Waals surface area (Å²) in [5.41, 5.74) is 0.333. The zero-order valence-electron chi connectivity index (χ0n) is 10.4. The lowest BCUT2D eigenvalue weighted by Gasteiger charge is -2.09. The van der Waals surface area contributed by atoms with E-state index in [1.807, 2.05) is 0 Å². The quantitative estimate of drug-likeness (QED) is 0.654. The molecule has 0 heterocycles. The third-order valence-corrected chi connectivity index (χ3v) is 3.09. The van der Waals surface area contributed by atoms with Gasteiger partial charge in [-0.3, -0.25) is 10.1 Å². The van der Waals surface area contributed by atoms with E-state index in [-0.39, 0.29) is 5.69 Å². The summed E-state index contributed by atoms with van der Waals surface area (Å²) in [7, 11) is 1.60. The largest absolute Gasteiger partial charge is 0.456 e. The van der Waals surface area contributed by atoms with E-state index >= 15 is 0 Å². The predicted octanol–water partition coefficient (Wildman–Crippen LogP) is 4.74. The van der Waals surface area contributed by atoms with Gasteiger partial charge in [0.1, 0.15) is 17.2 Å². The van der Waals surface area contributed by atoms with Crippen LogP contribution in [0.1, 0.15) is 0 Å². The Morgan fingerprint density at radius 1 is 1.20 bits per heavy atom. The van der Waals surface area contributed by atoms with Gasteiger partial charge in [0.15, 0.2) is 0 Å². The molecular formula is C13H10Cl2N2O3. The third kappa shape index (κ3) is 3.12. The van der Waals surface area contributed by atoms with E-state index in [9.17, 15) is 10.1 Å². The first-order chi connectivity index (χ1) is 9.51. The van der Waals surface area contributed by atoms with E-state index in [4.69, 9.17) is 27.9 Å². The Balaban J connectivity index is 2.32. The summed E-state index contributed by atoms with van der Waals surface area (Å²) in [5.74, 6) is 0.858. The van der Waals surface area contributed by atoms with Gasteiger partial charge in [-0.2, -0.15) is 0 Å². The Labute approximate surface area is 125 Å². The molecule has 0 bridgehead atoms. The van der Waals surface area contributed by atoms with Crippen LogP contribution in [0.4, 0.5) is 11.4 Å². The first-order valence-electron chi connectivity index (χ1n) is 5.60. The number of ether oxygens (including phenoxy) is 1. The molecule has 104 valence electrons. The highest BCUT2D eigenvalue weighted by molar-refractivity contribution is 6.35. The number of nitro groups is 1. The molecule has 0 aliphatic carbocycles. The van der Waals surface area contributed by atoms with Crippen molar-refractivity contribution < 1.29 is 9.66 Å². The Morgan fingerprint density at radius 3 is 2.55 bits per heavy atom. The number of hydrogen-bond donors (Lipinski definition) is 1. The first-order valence-corrected chi connectivity index (χ1v) is 6.36. The highest BCUT2D eigenvalue weighted by atomic mass is 35.5. The molecule has 0 fully saturated rings. The molecule has 7 heteroatoms. The second-order valence-corrected chi connectivity index (χ2v) is 4.71. The molecule has 5 nitrogen and oxygen atoms in total. The van der Waals surface area contributed by atoms with Crippen LogP contribution in [0.2, 0.25) is 10.0 Å². The molecule has 2 rings (SSSR count). The van der Waals surface area contributed by atoms with Gasteiger partial charge in [-0.25, -0.2) is 0 Å². The molecule has 0 saturated heterocycles. The highest BCUT2D eigenvalue weighted by Crippen LogP contribution is 2.34. The van der Waals surface area contributed by atoms with Gasteiger partial charge in [0, 0.05) is 24.2 Å². The van der Waals surface area contributed by atoms with Crippen molar-refractivity contribution in [3.63, 3.8) is 0 Å². The number of nitrogens with one attached hydrogen (secondary N) is 1. The number of nitrogens with zero attached hydrogens (tertiary/aromatic N) is 1. The van der Waals surface area contributed by atoms with Crippen molar-refractivity contribution in [2.24, 2.45) is 0 Å². The fourth-order valence-electron chi connectivity index (χ4n) is 1.62. The van der Waals surface area contributed by atoms with Gasteiger partial charge in [0.2, 0.25) is 0 Å². The Hall–Kier alpha value is -1.98. The van der Waals surface area contributed by atoms with E-state index in [0.29, 0.717) is 27.2 Å². The van der Waals surface area contributed by atoms with Crippen LogP contribution in [0, 0.1) is 10.1 Å². The summed E-state index contributed by atoms with van der Waals surface area (Å²) in [5, 5.41) is 14.4. The number of benzene rings is 2. The van der Waals surface area contributed by atoms with E-state index < -0.39 is 4.92 Å². The van der Waals surface area contributed by atoms with E-state index in [2.05, 4.69) is 5.32 Å². The number of hydrogen-bond acceptors (Lipinski definition) is 4. The number of nitro benzene ring substituents is 1. The Kier molecular flexibility index (Phi) is 4.32. The third-order valence-electron chi connectivity index (χ3n) is 2.56. The lowest BCUT2D eigenvalue weighted by atomic mass is 10.2. The molecule has 20 heavy (non-hydrogen) atoms. The van der Waals surface area contributed by atoms with Gasteiger partial charge in [0.05, 0.1) is 9.95 Å². The van der Waals surface area contributed by atoms with E-state index in [1.165, 1.54) is 18.2 Å². The highest BCUT2D eigenvalue weighted by Gasteiger charge is 2.14. The molecule has 2 aromatic rings. The molecule has 0 atom stereocenters. The smallest absolute Gasteiger partial charge is 0.292 e. The lowest BCUT2D eigenvalue weighted by Crippen LogP contribution is -1.97. The van der Waals surface area contributed by atoms with Gasteiger partial charge in [-0.1, -0.05) is 23.2 Å². The molecule has 0 spiro atoms. The van der Waals surface area contributed by atoms with Gasteiger partial charge in [-0.05, 0) is 24.3 Å². The summed E-state index contributed by atoms with van der Waals surface area (Å²) >= 11 is 11.8. The zero-order valence-corrected chi connectivity index (χ0v) is 11.9. The molecule has 0 saturated carbocycles. The van der Waals surface area contributed by atoms with E-state index in [0.717, 1.165) is 0 Å². The molecule has 0 unspecified atom stereocenters. The summed E-state index contributed by atoms with van der Waals surface area (Å²) in [6.45, 7) is 0. The van der Waals surface area contributed by atoms with Gasteiger partial charge in [-0.15, -0.1) is 0 Å². The summed E-state index contributed by atoms with van der Waals surface area (Å²) in [6, 6.07) is 9.24. The fraction of sp³-hybridized carbons (Fsp3) is 0.0769. The maximum absolute atomic E-state index is 10.8. The van der Waals surface area contributed by atoms with E-state index in [1.54, 1.807) is 25.2 Å². The van der Waals surface area contributed by atoms with Crippen molar-refractivity contribution in [2.45, 2.75) is 0 Å². The molecule has 0 aromatic heterocycles. The van der Waals surface area contributed by atoms with Crippen LogP contribution >= 0.6 is 23.2 Å². The van der Waals surface area contributed by atoms with Crippen LogP contribution < -0.4 is 10.1 Å². The topological polar surface area (TPSA) is 64.4 Å². The minimum absolute atomic E-state index is 0.0259. The molecule has 0 radical (unpaired) electrons. The number of halogens is 2. The van der Waals surface area contributed by atoms with Gasteiger partial charge in [0.25, 0.3) is 5.69 Å². The molecule has 2 aromatic carbocycles. The Bertz CT molecular complexity index is 662. The summed E-state index contributed by atoms with van der Waals surface area (Å²) in [6.07, 6.45) is 0. The second-order valence-electron chi connectivity index (χ2n) is 3.86.